The number of carbonyl (C=O) groups excluding carboxylic acids is 2. The second-order valence-corrected chi connectivity index (χ2v) is 5.79. The number of benzene rings is 2. The van der Waals surface area contributed by atoms with Crippen LogP contribution in [0.2, 0.25) is 0 Å². The van der Waals surface area contributed by atoms with Gasteiger partial charge in [0, 0.05) is 6.42 Å². The van der Waals surface area contributed by atoms with Gasteiger partial charge in [-0.1, -0.05) is 24.3 Å². The van der Waals surface area contributed by atoms with Gasteiger partial charge in [0.05, 0.1) is 29.9 Å². The predicted octanol–water partition coefficient (Wildman–Crippen LogP) is 2.95. The lowest BCUT2D eigenvalue weighted by Crippen LogP contribution is -2.40. The third kappa shape index (κ3) is 2.24. The molecule has 116 valence electrons. The fourth-order valence-electron chi connectivity index (χ4n) is 3.24. The largest absolute Gasteiger partial charge is 0.371 e. The number of hydrogen-bond donors (Lipinski definition) is 0. The molecule has 2 aromatic rings. The summed E-state index contributed by atoms with van der Waals surface area (Å²) in [4.78, 5) is 26.3. The number of fused-ring (bicyclic) bond motifs is 1. The van der Waals surface area contributed by atoms with E-state index in [0.717, 1.165) is 5.56 Å². The molecule has 0 saturated carbocycles. The zero-order chi connectivity index (χ0) is 16.0. The molecular formula is C18H14FNO3. The highest BCUT2D eigenvalue weighted by molar-refractivity contribution is 6.21. The van der Waals surface area contributed by atoms with Crippen LogP contribution in [0.5, 0.6) is 0 Å². The maximum Gasteiger partial charge on any atom is 0.261 e. The van der Waals surface area contributed by atoms with E-state index < -0.39 is 0 Å². The second-order valence-electron chi connectivity index (χ2n) is 5.79. The Bertz CT molecular complexity index is 752. The number of amides is 2. The third-order valence-corrected chi connectivity index (χ3v) is 4.41. The van der Waals surface area contributed by atoms with Crippen LogP contribution in [-0.4, -0.2) is 29.4 Å². The molecular weight excluding hydrogens is 297 g/mol. The molecule has 2 amide bonds. The maximum absolute atomic E-state index is 13.0. The minimum absolute atomic E-state index is 0.232. The molecule has 23 heavy (non-hydrogen) atoms. The van der Waals surface area contributed by atoms with Gasteiger partial charge in [-0.15, -0.1) is 0 Å². The van der Waals surface area contributed by atoms with Crippen LogP contribution < -0.4 is 0 Å². The minimum atomic E-state index is -0.302. The Morgan fingerprint density at radius 1 is 0.957 bits per heavy atom. The maximum atomic E-state index is 13.0. The van der Waals surface area contributed by atoms with E-state index >= 15 is 0 Å². The number of imide groups is 1. The first kappa shape index (κ1) is 14.1. The zero-order valence-electron chi connectivity index (χ0n) is 12.2. The van der Waals surface area contributed by atoms with E-state index in [-0.39, 0.29) is 29.8 Å². The van der Waals surface area contributed by atoms with Gasteiger partial charge < -0.3 is 4.74 Å². The average Bonchev–Trinajstić information content (AvgIpc) is 3.13. The van der Waals surface area contributed by atoms with Gasteiger partial charge in [-0.2, -0.15) is 0 Å². The molecule has 2 atom stereocenters. The summed E-state index contributed by atoms with van der Waals surface area (Å²) in [5.41, 5.74) is 1.75. The van der Waals surface area contributed by atoms with Gasteiger partial charge in [0.2, 0.25) is 0 Å². The first-order valence-electron chi connectivity index (χ1n) is 7.49. The Morgan fingerprint density at radius 2 is 1.57 bits per heavy atom. The lowest BCUT2D eigenvalue weighted by atomic mass is 10.0. The molecule has 0 radical (unpaired) electrons. The fourth-order valence-corrected chi connectivity index (χ4v) is 3.24. The van der Waals surface area contributed by atoms with Crippen molar-refractivity contribution in [3.63, 3.8) is 0 Å². The summed E-state index contributed by atoms with van der Waals surface area (Å²) in [5.74, 6) is -0.832. The van der Waals surface area contributed by atoms with Crippen molar-refractivity contribution >= 4 is 11.8 Å². The van der Waals surface area contributed by atoms with Crippen LogP contribution in [0.25, 0.3) is 0 Å². The Morgan fingerprint density at radius 3 is 2.17 bits per heavy atom. The third-order valence-electron chi connectivity index (χ3n) is 4.41. The van der Waals surface area contributed by atoms with E-state index in [4.69, 9.17) is 4.74 Å². The zero-order valence-corrected chi connectivity index (χ0v) is 12.2. The normalized spacial score (nSPS) is 23.4. The molecule has 0 aliphatic carbocycles. The van der Waals surface area contributed by atoms with Gasteiger partial charge in [0.1, 0.15) is 5.82 Å². The van der Waals surface area contributed by atoms with Gasteiger partial charge in [-0.25, -0.2) is 4.39 Å². The number of halogens is 1. The van der Waals surface area contributed by atoms with Crippen LogP contribution in [0.4, 0.5) is 4.39 Å². The lowest BCUT2D eigenvalue weighted by Gasteiger charge is -2.20. The molecule has 0 N–H and O–H groups in total. The van der Waals surface area contributed by atoms with Crippen LogP contribution >= 0.6 is 0 Å². The summed E-state index contributed by atoms with van der Waals surface area (Å²) in [5, 5.41) is 0. The highest BCUT2D eigenvalue weighted by Crippen LogP contribution is 2.35. The fraction of sp³-hybridized carbons (Fsp3) is 0.222. The Hall–Kier alpha value is -2.53. The van der Waals surface area contributed by atoms with Crippen molar-refractivity contribution in [1.29, 1.82) is 0 Å². The van der Waals surface area contributed by atoms with Crippen molar-refractivity contribution in [2.75, 3.05) is 6.61 Å². The molecule has 4 rings (SSSR count). The SMILES string of the molecule is O=C1c2ccccc2C(=O)N1[C@H]1CO[C@H](c2ccc(F)cc2)C1. The van der Waals surface area contributed by atoms with Crippen molar-refractivity contribution in [3.05, 3.63) is 71.0 Å². The van der Waals surface area contributed by atoms with Gasteiger partial charge in [-0.05, 0) is 29.8 Å². The van der Waals surface area contributed by atoms with Crippen molar-refractivity contribution in [3.8, 4) is 0 Å². The molecule has 0 aromatic heterocycles. The van der Waals surface area contributed by atoms with Gasteiger partial charge in [-0.3, -0.25) is 14.5 Å². The monoisotopic (exact) mass is 311 g/mol. The number of nitrogens with zero attached hydrogens (tertiary/aromatic N) is 1. The molecule has 1 fully saturated rings. The van der Waals surface area contributed by atoms with Crippen molar-refractivity contribution in [2.24, 2.45) is 0 Å². The number of hydrogen-bond acceptors (Lipinski definition) is 3. The highest BCUT2D eigenvalue weighted by Gasteiger charge is 2.43. The topological polar surface area (TPSA) is 46.6 Å². The van der Waals surface area contributed by atoms with Crippen LogP contribution in [-0.2, 0) is 4.74 Å². The first-order chi connectivity index (χ1) is 11.1. The minimum Gasteiger partial charge on any atom is -0.371 e. The Kier molecular flexibility index (Phi) is 3.23. The molecule has 2 aliphatic rings. The lowest BCUT2D eigenvalue weighted by molar-refractivity contribution is 0.0551. The number of rotatable bonds is 2. The van der Waals surface area contributed by atoms with Crippen LogP contribution in [0, 0.1) is 5.82 Å². The van der Waals surface area contributed by atoms with Crippen LogP contribution in [0.15, 0.2) is 48.5 Å². The molecule has 5 heteroatoms. The summed E-state index contributed by atoms with van der Waals surface area (Å²) < 4.78 is 18.7. The van der Waals surface area contributed by atoms with Gasteiger partial charge >= 0.3 is 0 Å². The summed E-state index contributed by atoms with van der Waals surface area (Å²) in [6.45, 7) is 0.299. The van der Waals surface area contributed by atoms with Crippen LogP contribution in [0.3, 0.4) is 0 Å². The summed E-state index contributed by atoms with van der Waals surface area (Å²) in [6, 6.07) is 12.7. The van der Waals surface area contributed by atoms with E-state index in [1.807, 2.05) is 0 Å². The molecule has 2 aromatic carbocycles. The van der Waals surface area contributed by atoms with Crippen LogP contribution in [0.1, 0.15) is 38.8 Å². The Labute approximate surface area is 132 Å². The van der Waals surface area contributed by atoms with E-state index in [1.54, 1.807) is 36.4 Å². The van der Waals surface area contributed by atoms with E-state index in [0.29, 0.717) is 24.2 Å². The van der Waals surface area contributed by atoms with Gasteiger partial charge in [0.25, 0.3) is 11.8 Å². The number of carbonyl (C=O) groups is 2. The molecule has 2 heterocycles. The smallest absolute Gasteiger partial charge is 0.261 e. The van der Waals surface area contributed by atoms with Crippen molar-refractivity contribution < 1.29 is 18.7 Å². The van der Waals surface area contributed by atoms with Crippen molar-refractivity contribution in [1.82, 2.24) is 4.90 Å². The summed E-state index contributed by atoms with van der Waals surface area (Å²) in [6.07, 6.45) is 0.293. The van der Waals surface area contributed by atoms with E-state index in [1.165, 1.54) is 17.0 Å². The predicted molar refractivity (Wildman–Crippen MR) is 80.4 cm³/mol. The molecule has 0 bridgehead atoms. The quantitative estimate of drug-likeness (QED) is 0.801. The molecule has 2 aliphatic heterocycles. The first-order valence-corrected chi connectivity index (χ1v) is 7.49. The average molecular weight is 311 g/mol. The number of ether oxygens (including phenoxy) is 1. The molecule has 0 spiro atoms. The molecule has 0 unspecified atom stereocenters. The standard InChI is InChI=1S/C18H14FNO3/c19-12-7-5-11(6-8-12)16-9-13(10-23-16)20-17(21)14-3-1-2-4-15(14)18(20)22/h1-8,13,16H,9-10H2/t13-,16+/m1/s1. The van der Waals surface area contributed by atoms with Gasteiger partial charge in [0.15, 0.2) is 0 Å². The summed E-state index contributed by atoms with van der Waals surface area (Å²) >= 11 is 0. The molecule has 1 saturated heterocycles. The molecule has 4 nitrogen and oxygen atoms in total. The second kappa shape index (κ2) is 5.28. The van der Waals surface area contributed by atoms with E-state index in [9.17, 15) is 14.0 Å². The Balaban J connectivity index is 1.56. The highest BCUT2D eigenvalue weighted by atomic mass is 19.1. The van der Waals surface area contributed by atoms with E-state index in [2.05, 4.69) is 0 Å². The van der Waals surface area contributed by atoms with Crippen molar-refractivity contribution in [2.45, 2.75) is 18.6 Å². The summed E-state index contributed by atoms with van der Waals surface area (Å²) in [7, 11) is 0.